The molecule has 114 valence electrons. The Morgan fingerprint density at radius 1 is 0.818 bits per heavy atom. The average molecular weight is 301 g/mol. The van der Waals surface area contributed by atoms with Crippen molar-refractivity contribution in [3.8, 4) is 0 Å². The van der Waals surface area contributed by atoms with E-state index in [0.29, 0.717) is 24.2 Å². The maximum Gasteiger partial charge on any atom is 0.312 e. The van der Waals surface area contributed by atoms with Gasteiger partial charge in [0, 0.05) is 33.2 Å². The minimum absolute atomic E-state index is 0.0923. The van der Waals surface area contributed by atoms with Crippen molar-refractivity contribution in [2.45, 2.75) is 0 Å². The highest BCUT2D eigenvalue weighted by atomic mass is 16.2. The second-order valence-electron chi connectivity index (χ2n) is 5.33. The molecule has 0 radical (unpaired) electrons. The van der Waals surface area contributed by atoms with Crippen molar-refractivity contribution in [2.24, 2.45) is 0 Å². The van der Waals surface area contributed by atoms with E-state index in [2.05, 4.69) is 0 Å². The fraction of sp³-hybridized carbons (Fsp3) is 0.333. The van der Waals surface area contributed by atoms with Crippen LogP contribution in [-0.4, -0.2) is 71.6 Å². The van der Waals surface area contributed by atoms with Gasteiger partial charge in [0.05, 0.1) is 11.1 Å². The van der Waals surface area contributed by atoms with Gasteiger partial charge in [-0.15, -0.1) is 0 Å². The van der Waals surface area contributed by atoms with Gasteiger partial charge in [-0.05, 0) is 12.1 Å². The van der Waals surface area contributed by atoms with Crippen molar-refractivity contribution in [2.75, 3.05) is 33.2 Å². The lowest BCUT2D eigenvalue weighted by Crippen LogP contribution is -2.54. The molecule has 2 aliphatic rings. The van der Waals surface area contributed by atoms with Crippen LogP contribution < -0.4 is 0 Å². The maximum absolute atomic E-state index is 12.2. The highest BCUT2D eigenvalue weighted by Gasteiger charge is 2.36. The predicted octanol–water partition coefficient (Wildman–Crippen LogP) is -0.417. The number of hydrogen-bond acceptors (Lipinski definition) is 4. The average Bonchev–Trinajstić information content (AvgIpc) is 2.77. The summed E-state index contributed by atoms with van der Waals surface area (Å²) in [5.74, 6) is -1.86. The van der Waals surface area contributed by atoms with Gasteiger partial charge in [-0.3, -0.25) is 24.1 Å². The lowest BCUT2D eigenvalue weighted by molar-refractivity contribution is -0.154. The van der Waals surface area contributed by atoms with E-state index in [1.807, 2.05) is 0 Å². The Hall–Kier alpha value is -2.70. The number of benzene rings is 1. The molecule has 7 heteroatoms. The summed E-state index contributed by atoms with van der Waals surface area (Å²) in [4.78, 5) is 51.8. The number of imide groups is 1. The molecule has 0 bridgehead atoms. The lowest BCUT2D eigenvalue weighted by Gasteiger charge is -2.32. The third-order valence-corrected chi connectivity index (χ3v) is 3.99. The van der Waals surface area contributed by atoms with Gasteiger partial charge in [0.25, 0.3) is 11.8 Å². The van der Waals surface area contributed by atoms with Crippen molar-refractivity contribution in [1.82, 2.24) is 14.7 Å². The minimum atomic E-state index is -0.592. The number of piperazine rings is 1. The van der Waals surface area contributed by atoms with Crippen molar-refractivity contribution in [3.05, 3.63) is 35.4 Å². The summed E-state index contributed by atoms with van der Waals surface area (Å²) in [6.07, 6.45) is 0. The van der Waals surface area contributed by atoms with Crippen LogP contribution in [0.5, 0.6) is 0 Å². The number of hydrogen-bond donors (Lipinski definition) is 0. The Balaban J connectivity index is 1.68. The van der Waals surface area contributed by atoms with Crippen LogP contribution >= 0.6 is 0 Å². The van der Waals surface area contributed by atoms with Crippen LogP contribution in [0, 0.1) is 0 Å². The molecule has 3 rings (SSSR count). The first kappa shape index (κ1) is 14.2. The number of carbonyl (C=O) groups is 4. The fourth-order valence-corrected chi connectivity index (χ4v) is 2.65. The molecule has 0 atom stereocenters. The number of carbonyl (C=O) groups excluding carboxylic acids is 4. The van der Waals surface area contributed by atoms with E-state index < -0.39 is 11.8 Å². The fourth-order valence-electron chi connectivity index (χ4n) is 2.65. The molecule has 0 saturated carbocycles. The molecule has 22 heavy (non-hydrogen) atoms. The number of amides is 4. The molecule has 2 heterocycles. The Morgan fingerprint density at radius 2 is 1.41 bits per heavy atom. The van der Waals surface area contributed by atoms with Gasteiger partial charge in [0.2, 0.25) is 0 Å². The van der Waals surface area contributed by atoms with Crippen LogP contribution in [0.4, 0.5) is 0 Å². The molecule has 1 fully saturated rings. The standard InChI is InChI=1S/C15H15N3O4/c1-16-6-7-17(15(22)14(16)21)8-9-18-12(19)10-4-2-3-5-11(10)13(18)20/h2-5H,6-9H2,1H3. The lowest BCUT2D eigenvalue weighted by atomic mass is 10.1. The quantitative estimate of drug-likeness (QED) is 0.561. The normalized spacial score (nSPS) is 18.3. The largest absolute Gasteiger partial charge is 0.336 e. The van der Waals surface area contributed by atoms with Crippen LogP contribution in [0.1, 0.15) is 20.7 Å². The molecule has 0 spiro atoms. The first-order chi connectivity index (χ1) is 10.5. The molecule has 0 N–H and O–H groups in total. The minimum Gasteiger partial charge on any atom is -0.336 e. The number of nitrogens with zero attached hydrogens (tertiary/aromatic N) is 3. The van der Waals surface area contributed by atoms with E-state index in [4.69, 9.17) is 0 Å². The maximum atomic E-state index is 12.2. The van der Waals surface area contributed by atoms with Crippen molar-refractivity contribution >= 4 is 23.6 Å². The number of fused-ring (bicyclic) bond motifs is 1. The number of likely N-dealkylation sites (N-methyl/N-ethyl adjacent to an activating group) is 1. The Kier molecular flexibility index (Phi) is 3.40. The van der Waals surface area contributed by atoms with E-state index >= 15 is 0 Å². The van der Waals surface area contributed by atoms with E-state index in [1.54, 1.807) is 31.3 Å². The first-order valence-electron chi connectivity index (χ1n) is 7.00. The van der Waals surface area contributed by atoms with Crippen LogP contribution in [-0.2, 0) is 9.59 Å². The molecule has 4 amide bonds. The van der Waals surface area contributed by atoms with Crippen molar-refractivity contribution in [3.63, 3.8) is 0 Å². The molecule has 7 nitrogen and oxygen atoms in total. The van der Waals surface area contributed by atoms with E-state index in [1.165, 1.54) is 9.80 Å². The summed E-state index contributed by atoms with van der Waals surface area (Å²) in [6.45, 7) is 1.12. The summed E-state index contributed by atoms with van der Waals surface area (Å²) in [6, 6.07) is 6.63. The van der Waals surface area contributed by atoms with Crippen LogP contribution in [0.3, 0.4) is 0 Å². The van der Waals surface area contributed by atoms with Gasteiger partial charge in [0.15, 0.2) is 0 Å². The SMILES string of the molecule is CN1CCN(CCN2C(=O)c3ccccc3C2=O)C(=O)C1=O. The zero-order valence-electron chi connectivity index (χ0n) is 12.1. The zero-order valence-corrected chi connectivity index (χ0v) is 12.1. The zero-order chi connectivity index (χ0) is 15.9. The Bertz CT molecular complexity index is 650. The van der Waals surface area contributed by atoms with Crippen LogP contribution in [0.25, 0.3) is 0 Å². The topological polar surface area (TPSA) is 78.0 Å². The third kappa shape index (κ3) is 2.14. The van der Waals surface area contributed by atoms with E-state index in [9.17, 15) is 19.2 Å². The second kappa shape index (κ2) is 5.25. The van der Waals surface area contributed by atoms with Crippen molar-refractivity contribution < 1.29 is 19.2 Å². The summed E-state index contributed by atoms with van der Waals surface area (Å²) in [5, 5.41) is 0. The van der Waals surface area contributed by atoms with Gasteiger partial charge in [-0.25, -0.2) is 0 Å². The molecule has 1 aromatic carbocycles. The summed E-state index contributed by atoms with van der Waals surface area (Å²) in [7, 11) is 1.57. The highest BCUT2D eigenvalue weighted by Crippen LogP contribution is 2.22. The predicted molar refractivity (Wildman–Crippen MR) is 76.0 cm³/mol. The molecule has 0 aliphatic carbocycles. The molecule has 1 saturated heterocycles. The van der Waals surface area contributed by atoms with Gasteiger partial charge in [0.1, 0.15) is 0 Å². The Morgan fingerprint density at radius 3 is 2.00 bits per heavy atom. The second-order valence-corrected chi connectivity index (χ2v) is 5.33. The van der Waals surface area contributed by atoms with Gasteiger partial charge in [-0.2, -0.15) is 0 Å². The molecule has 1 aromatic rings. The molecular formula is C15H15N3O4. The molecular weight excluding hydrogens is 286 g/mol. The monoisotopic (exact) mass is 301 g/mol. The van der Waals surface area contributed by atoms with Gasteiger partial charge < -0.3 is 9.80 Å². The first-order valence-corrected chi connectivity index (χ1v) is 7.00. The smallest absolute Gasteiger partial charge is 0.312 e. The van der Waals surface area contributed by atoms with Gasteiger partial charge >= 0.3 is 11.8 Å². The molecule has 0 aromatic heterocycles. The summed E-state index contributed by atoms with van der Waals surface area (Å²) in [5.41, 5.74) is 0.765. The van der Waals surface area contributed by atoms with Gasteiger partial charge in [-0.1, -0.05) is 12.1 Å². The summed E-state index contributed by atoms with van der Waals surface area (Å²) < 4.78 is 0. The van der Waals surface area contributed by atoms with E-state index in [0.717, 1.165) is 4.90 Å². The van der Waals surface area contributed by atoms with E-state index in [-0.39, 0.29) is 24.9 Å². The Labute approximate surface area is 127 Å². The molecule has 0 unspecified atom stereocenters. The molecule has 2 aliphatic heterocycles. The van der Waals surface area contributed by atoms with Crippen molar-refractivity contribution in [1.29, 1.82) is 0 Å². The summed E-state index contributed by atoms with van der Waals surface area (Å²) >= 11 is 0. The highest BCUT2D eigenvalue weighted by molar-refractivity contribution is 6.35. The third-order valence-electron chi connectivity index (χ3n) is 3.99. The number of rotatable bonds is 3. The van der Waals surface area contributed by atoms with Crippen LogP contribution in [0.15, 0.2) is 24.3 Å². The van der Waals surface area contributed by atoms with Crippen LogP contribution in [0.2, 0.25) is 0 Å².